The van der Waals surface area contributed by atoms with Crippen LogP contribution < -0.4 is 20.7 Å². The van der Waals surface area contributed by atoms with Crippen molar-refractivity contribution in [3.8, 4) is 0 Å². The van der Waals surface area contributed by atoms with Crippen molar-refractivity contribution < 1.29 is 27.9 Å². The van der Waals surface area contributed by atoms with E-state index in [9.17, 15) is 22.8 Å². The molecule has 31 heavy (non-hydrogen) atoms. The monoisotopic (exact) mass is 473 g/mol. The number of carboxylic acids is 1. The van der Waals surface area contributed by atoms with Gasteiger partial charge in [0, 0.05) is 31.6 Å². The molecule has 13 heteroatoms. The first-order valence-electron chi connectivity index (χ1n) is 9.44. The summed E-state index contributed by atoms with van der Waals surface area (Å²) in [6.45, 7) is 0.997. The van der Waals surface area contributed by atoms with Gasteiger partial charge in [0.1, 0.15) is 11.3 Å². The molecule has 0 fully saturated rings. The fourth-order valence-electron chi connectivity index (χ4n) is 2.62. The van der Waals surface area contributed by atoms with Gasteiger partial charge in [-0.25, -0.2) is 8.42 Å². The Balaban J connectivity index is 1.83. The van der Waals surface area contributed by atoms with Gasteiger partial charge in [-0.2, -0.15) is 4.72 Å². The normalized spacial score (nSPS) is 14.7. The second-order valence-corrected chi connectivity index (χ2v) is 9.04. The number of sulfonamides is 1. The van der Waals surface area contributed by atoms with E-state index in [1.165, 1.54) is 12.1 Å². The van der Waals surface area contributed by atoms with Crippen LogP contribution in [0.1, 0.15) is 28.8 Å². The summed E-state index contributed by atoms with van der Waals surface area (Å²) in [7, 11) is -3.97. The van der Waals surface area contributed by atoms with Crippen molar-refractivity contribution >= 4 is 45.4 Å². The summed E-state index contributed by atoms with van der Waals surface area (Å²) in [5.41, 5.74) is 1.10. The number of carbonyl (C=O) groups excluding carboxylic acids is 2. The van der Waals surface area contributed by atoms with Crippen molar-refractivity contribution in [3.63, 3.8) is 0 Å². The number of aliphatic carboxylic acids is 1. The molecule has 0 bridgehead atoms. The Morgan fingerprint density at radius 2 is 1.94 bits per heavy atom. The molecule has 1 atom stereocenters. The van der Waals surface area contributed by atoms with Gasteiger partial charge in [0.25, 0.3) is 5.91 Å². The number of benzene rings is 1. The summed E-state index contributed by atoms with van der Waals surface area (Å²) in [5, 5.41) is 16.4. The van der Waals surface area contributed by atoms with E-state index in [0.29, 0.717) is 18.9 Å². The zero-order valence-electron chi connectivity index (χ0n) is 16.6. The maximum Gasteiger partial charge on any atom is 0.323 e. The molecule has 5 N–H and O–H groups in total. The fourth-order valence-corrected chi connectivity index (χ4v) is 3.49. The molecule has 11 nitrogen and oxygen atoms in total. The number of hydrogen-bond acceptors (Lipinski definition) is 7. The Morgan fingerprint density at radius 3 is 2.52 bits per heavy atom. The first-order chi connectivity index (χ1) is 14.7. The zero-order valence-corrected chi connectivity index (χ0v) is 18.1. The number of amides is 2. The predicted octanol–water partition coefficient (Wildman–Crippen LogP) is -0.617. The van der Waals surface area contributed by atoms with Gasteiger partial charge >= 0.3 is 5.97 Å². The lowest BCUT2D eigenvalue weighted by Gasteiger charge is -2.15. The number of aryl methyl sites for hydroxylation is 1. The van der Waals surface area contributed by atoms with Gasteiger partial charge in [0.15, 0.2) is 5.96 Å². The second-order valence-electron chi connectivity index (χ2n) is 6.70. The summed E-state index contributed by atoms with van der Waals surface area (Å²) in [6, 6.07) is 4.89. The first-order valence-corrected chi connectivity index (χ1v) is 11.6. The van der Waals surface area contributed by atoms with E-state index in [-0.39, 0.29) is 17.9 Å². The van der Waals surface area contributed by atoms with Crippen LogP contribution in [0, 0.1) is 0 Å². The van der Waals surface area contributed by atoms with Crippen molar-refractivity contribution in [1.29, 1.82) is 0 Å². The minimum Gasteiger partial charge on any atom is -0.480 e. The molecule has 1 aliphatic heterocycles. The highest BCUT2D eigenvalue weighted by Crippen LogP contribution is 2.07. The topological polar surface area (TPSA) is 166 Å². The molecular weight excluding hydrogens is 450 g/mol. The predicted molar refractivity (Wildman–Crippen MR) is 114 cm³/mol. The summed E-state index contributed by atoms with van der Waals surface area (Å²) in [4.78, 5) is 39.5. The molecule has 2 amide bonds. The lowest BCUT2D eigenvalue weighted by molar-refractivity contribution is -0.138. The maximum absolute atomic E-state index is 12.2. The highest BCUT2D eigenvalue weighted by Gasteiger charge is 2.24. The maximum atomic E-state index is 12.2. The van der Waals surface area contributed by atoms with Gasteiger partial charge in [-0.05, 0) is 30.5 Å². The Bertz CT molecular complexity index is 935. The third-order valence-electron chi connectivity index (χ3n) is 4.24. The molecule has 0 saturated heterocycles. The van der Waals surface area contributed by atoms with Gasteiger partial charge in [-0.3, -0.25) is 24.7 Å². The van der Waals surface area contributed by atoms with Crippen LogP contribution in [-0.2, 0) is 26.0 Å². The SMILES string of the molecule is O=C(CCc1ccc(C(=O)NC[C@H](NS(=O)(=O)CCl)C(=O)O)cc1)NC1=NCCCN1. The minimum atomic E-state index is -3.97. The number of nitrogens with zero attached hydrogens (tertiary/aromatic N) is 1. The molecule has 2 rings (SSSR count). The van der Waals surface area contributed by atoms with Crippen molar-refractivity contribution in [2.75, 3.05) is 24.8 Å². The third-order valence-corrected chi connectivity index (χ3v) is 6.04. The molecule has 0 unspecified atom stereocenters. The smallest absolute Gasteiger partial charge is 0.323 e. The van der Waals surface area contributed by atoms with Gasteiger partial charge in [0.2, 0.25) is 15.9 Å². The first kappa shape index (κ1) is 24.6. The van der Waals surface area contributed by atoms with Crippen LogP contribution in [0.25, 0.3) is 0 Å². The zero-order chi connectivity index (χ0) is 22.9. The molecule has 0 aliphatic carbocycles. The number of halogens is 1. The Labute approximate surface area is 184 Å². The lowest BCUT2D eigenvalue weighted by atomic mass is 10.1. The van der Waals surface area contributed by atoms with E-state index >= 15 is 0 Å². The van der Waals surface area contributed by atoms with Gasteiger partial charge < -0.3 is 15.7 Å². The number of guanidine groups is 1. The molecule has 0 spiro atoms. The van der Waals surface area contributed by atoms with Crippen LogP contribution in [0.2, 0.25) is 0 Å². The number of aliphatic imine (C=N–C) groups is 1. The highest BCUT2D eigenvalue weighted by molar-refractivity contribution is 7.90. The van der Waals surface area contributed by atoms with Crippen molar-refractivity contribution in [3.05, 3.63) is 35.4 Å². The number of hydrogen-bond donors (Lipinski definition) is 5. The van der Waals surface area contributed by atoms with Crippen LogP contribution >= 0.6 is 11.6 Å². The van der Waals surface area contributed by atoms with Crippen LogP contribution in [0.4, 0.5) is 0 Å². The summed E-state index contributed by atoms with van der Waals surface area (Å²) in [6.07, 6.45) is 1.63. The molecule has 0 radical (unpaired) electrons. The molecule has 0 aromatic heterocycles. The third kappa shape index (κ3) is 8.52. The van der Waals surface area contributed by atoms with E-state index in [2.05, 4.69) is 20.9 Å². The van der Waals surface area contributed by atoms with E-state index < -0.39 is 39.7 Å². The number of alkyl halides is 1. The van der Waals surface area contributed by atoms with Gasteiger partial charge in [0.05, 0.1) is 0 Å². The van der Waals surface area contributed by atoms with Crippen molar-refractivity contribution in [2.24, 2.45) is 4.99 Å². The Morgan fingerprint density at radius 1 is 1.23 bits per heavy atom. The summed E-state index contributed by atoms with van der Waals surface area (Å²) in [5.74, 6) is -1.70. The van der Waals surface area contributed by atoms with Crippen LogP contribution in [0.15, 0.2) is 29.3 Å². The van der Waals surface area contributed by atoms with Crippen LogP contribution in [-0.4, -0.2) is 68.2 Å². The molecule has 1 aromatic rings. The molecular formula is C18H24ClN5O6S. The number of carbonyl (C=O) groups is 3. The van der Waals surface area contributed by atoms with Crippen LogP contribution in [0.3, 0.4) is 0 Å². The average Bonchev–Trinajstić information content (AvgIpc) is 2.76. The van der Waals surface area contributed by atoms with E-state index in [1.807, 2.05) is 4.72 Å². The Kier molecular flexibility index (Phi) is 9.21. The molecule has 170 valence electrons. The molecule has 1 heterocycles. The van der Waals surface area contributed by atoms with E-state index in [4.69, 9.17) is 16.7 Å². The lowest BCUT2D eigenvalue weighted by Crippen LogP contribution is -2.48. The number of nitrogens with one attached hydrogen (secondary N) is 4. The highest BCUT2D eigenvalue weighted by atomic mass is 35.5. The number of rotatable bonds is 10. The van der Waals surface area contributed by atoms with Gasteiger partial charge in [-0.1, -0.05) is 12.1 Å². The fraction of sp³-hybridized carbons (Fsp3) is 0.444. The molecule has 0 saturated carbocycles. The quantitative estimate of drug-likeness (QED) is 0.282. The van der Waals surface area contributed by atoms with Gasteiger partial charge in [-0.15, -0.1) is 11.6 Å². The largest absolute Gasteiger partial charge is 0.480 e. The Hall–Kier alpha value is -2.70. The molecule has 1 aliphatic rings. The average molecular weight is 474 g/mol. The minimum absolute atomic E-state index is 0.172. The van der Waals surface area contributed by atoms with Crippen LogP contribution in [0.5, 0.6) is 0 Å². The number of carboxylic acid groups (broad SMARTS) is 1. The van der Waals surface area contributed by atoms with Crippen molar-refractivity contribution in [1.82, 2.24) is 20.7 Å². The summed E-state index contributed by atoms with van der Waals surface area (Å²) < 4.78 is 24.7. The second kappa shape index (κ2) is 11.6. The van der Waals surface area contributed by atoms with E-state index in [0.717, 1.165) is 18.5 Å². The van der Waals surface area contributed by atoms with E-state index in [1.54, 1.807) is 12.1 Å². The standard InChI is InChI=1S/C18H24ClN5O6S/c19-11-31(29,30)24-14(17(27)28)10-22-16(26)13-5-2-12(3-6-13)4-7-15(25)23-18-20-8-1-9-21-18/h2-3,5-6,14,24H,1,4,7-11H2,(H,22,26)(H,27,28)(H2,20,21,23,25)/t14-/m0/s1. The van der Waals surface area contributed by atoms with Crippen molar-refractivity contribution in [2.45, 2.75) is 25.3 Å². The molecule has 1 aromatic carbocycles. The summed E-state index contributed by atoms with van der Waals surface area (Å²) >= 11 is 5.24.